The van der Waals surface area contributed by atoms with Crippen molar-refractivity contribution in [1.82, 2.24) is 3.97 Å². The quantitative estimate of drug-likeness (QED) is 0.463. The molecule has 1 aromatic heterocycles. The van der Waals surface area contributed by atoms with E-state index in [1.165, 1.54) is 10.2 Å². The lowest BCUT2D eigenvalue weighted by molar-refractivity contribution is 0.112. The first-order valence-corrected chi connectivity index (χ1v) is 11.5. The molecule has 0 saturated heterocycles. The van der Waals surface area contributed by atoms with Crippen molar-refractivity contribution in [3.63, 3.8) is 0 Å². The van der Waals surface area contributed by atoms with Gasteiger partial charge in [-0.3, -0.25) is 4.79 Å². The molecule has 0 unspecified atom stereocenters. The number of carbonyl (C=O) groups is 1. The molecule has 0 aliphatic rings. The summed E-state index contributed by atoms with van der Waals surface area (Å²) in [5, 5.41) is 0.641. The Labute approximate surface area is 173 Å². The molecular weight excluding hydrogens is 382 g/mol. The number of fused-ring (bicyclic) bond motifs is 1. The van der Waals surface area contributed by atoms with Gasteiger partial charge in [-0.25, -0.2) is 12.4 Å². The Morgan fingerprint density at radius 2 is 1.41 bits per heavy atom. The van der Waals surface area contributed by atoms with Crippen LogP contribution in [0.1, 0.15) is 86.3 Å². The van der Waals surface area contributed by atoms with Crippen LogP contribution in [0.4, 0.5) is 0 Å². The van der Waals surface area contributed by atoms with Gasteiger partial charge in [0.05, 0.1) is 10.4 Å². The van der Waals surface area contributed by atoms with Crippen LogP contribution in [0.2, 0.25) is 0 Å². The van der Waals surface area contributed by atoms with Crippen LogP contribution in [0.5, 0.6) is 0 Å². The number of hydrogen-bond donors (Lipinski definition) is 0. The zero-order chi connectivity index (χ0) is 21.5. The van der Waals surface area contributed by atoms with Crippen molar-refractivity contribution >= 4 is 27.2 Å². The Morgan fingerprint density at radius 1 is 0.862 bits per heavy atom. The normalized spacial score (nSPS) is 12.4. The molecule has 2 aromatic carbocycles. The van der Waals surface area contributed by atoms with E-state index in [1.54, 1.807) is 18.2 Å². The molecule has 0 N–H and O–H groups in total. The first kappa shape index (κ1) is 21.3. The highest BCUT2D eigenvalue weighted by Crippen LogP contribution is 2.37. The van der Waals surface area contributed by atoms with Crippen molar-refractivity contribution in [2.45, 2.75) is 64.2 Å². The van der Waals surface area contributed by atoms with Gasteiger partial charge in [0, 0.05) is 17.1 Å². The monoisotopic (exact) mass is 411 g/mol. The van der Waals surface area contributed by atoms with E-state index in [1.807, 2.05) is 45.9 Å². The second-order valence-electron chi connectivity index (χ2n) is 8.51. The van der Waals surface area contributed by atoms with E-state index in [-0.39, 0.29) is 11.8 Å². The summed E-state index contributed by atoms with van der Waals surface area (Å²) in [6.07, 6.45) is 2.15. The Morgan fingerprint density at radius 3 is 1.90 bits per heavy atom. The molecule has 29 heavy (non-hydrogen) atoms. The number of carbonyl (C=O) groups excluding carboxylic acids is 1. The Kier molecular flexibility index (Phi) is 5.72. The van der Waals surface area contributed by atoms with Crippen molar-refractivity contribution in [3.05, 3.63) is 64.8 Å². The molecule has 0 amide bonds. The van der Waals surface area contributed by atoms with Crippen molar-refractivity contribution in [3.8, 4) is 0 Å². The molecule has 0 bridgehead atoms. The van der Waals surface area contributed by atoms with Crippen molar-refractivity contribution in [2.24, 2.45) is 0 Å². The number of rotatable bonds is 6. The molecule has 3 rings (SSSR count). The first-order chi connectivity index (χ1) is 13.6. The van der Waals surface area contributed by atoms with Crippen LogP contribution in [0.15, 0.2) is 47.5 Å². The van der Waals surface area contributed by atoms with Gasteiger partial charge in [-0.2, -0.15) is 0 Å². The lowest BCUT2D eigenvalue weighted by atomic mass is 9.89. The minimum Gasteiger partial charge on any atom is -0.298 e. The Bertz CT molecular complexity index is 1140. The van der Waals surface area contributed by atoms with E-state index in [0.29, 0.717) is 33.6 Å². The molecule has 0 fully saturated rings. The summed E-state index contributed by atoms with van der Waals surface area (Å²) in [5.74, 6) is 0.391. The molecule has 0 radical (unpaired) electrons. The SMILES string of the molecule is CC(C)c1cc(C(C)C)c(S(=O)(=O)n2cc(C=O)c3ccccc32)c(C(C)C)c1. The van der Waals surface area contributed by atoms with Gasteiger partial charge < -0.3 is 0 Å². The number of nitrogens with zero attached hydrogens (tertiary/aromatic N) is 1. The number of aromatic nitrogens is 1. The molecule has 0 aliphatic heterocycles. The van der Waals surface area contributed by atoms with Gasteiger partial charge in [0.2, 0.25) is 0 Å². The summed E-state index contributed by atoms with van der Waals surface area (Å²) >= 11 is 0. The molecule has 0 aliphatic carbocycles. The van der Waals surface area contributed by atoms with Gasteiger partial charge in [0.15, 0.2) is 6.29 Å². The van der Waals surface area contributed by atoms with E-state index in [0.717, 1.165) is 16.7 Å². The van der Waals surface area contributed by atoms with Crippen LogP contribution in [-0.2, 0) is 10.0 Å². The van der Waals surface area contributed by atoms with Crippen molar-refractivity contribution < 1.29 is 13.2 Å². The van der Waals surface area contributed by atoms with Gasteiger partial charge in [0.1, 0.15) is 0 Å². The van der Waals surface area contributed by atoms with Crippen LogP contribution in [-0.4, -0.2) is 18.7 Å². The van der Waals surface area contributed by atoms with E-state index >= 15 is 0 Å². The molecule has 5 heteroatoms. The molecule has 0 atom stereocenters. The largest absolute Gasteiger partial charge is 0.298 e. The van der Waals surface area contributed by atoms with Gasteiger partial charge in [0.25, 0.3) is 10.0 Å². The standard InChI is InChI=1S/C24H29NO3S/c1-15(2)18-11-21(16(3)4)24(22(12-18)17(5)6)29(27,28)25-13-19(14-26)20-9-7-8-10-23(20)25/h7-17H,1-6H3. The van der Waals surface area contributed by atoms with Crippen LogP contribution in [0.25, 0.3) is 10.9 Å². The number of hydrogen-bond acceptors (Lipinski definition) is 3. The zero-order valence-electron chi connectivity index (χ0n) is 17.9. The maximum atomic E-state index is 14.0. The molecule has 1 heterocycles. The third kappa shape index (κ3) is 3.64. The van der Waals surface area contributed by atoms with Gasteiger partial charge in [-0.15, -0.1) is 0 Å². The number of benzene rings is 2. The fraction of sp³-hybridized carbons (Fsp3) is 0.375. The highest BCUT2D eigenvalue weighted by atomic mass is 32.2. The summed E-state index contributed by atoms with van der Waals surface area (Å²) in [7, 11) is -3.89. The third-order valence-corrected chi connectivity index (χ3v) is 7.24. The molecule has 3 aromatic rings. The second kappa shape index (κ2) is 7.79. The lowest BCUT2D eigenvalue weighted by Gasteiger charge is -2.23. The second-order valence-corrected chi connectivity index (χ2v) is 10.3. The highest BCUT2D eigenvalue weighted by molar-refractivity contribution is 7.90. The topological polar surface area (TPSA) is 56.1 Å². The molecular formula is C24H29NO3S. The van der Waals surface area contributed by atoms with E-state index in [9.17, 15) is 13.2 Å². The van der Waals surface area contributed by atoms with Gasteiger partial charge in [-0.05, 0) is 40.5 Å². The Balaban J connectivity index is 2.42. The Hall–Kier alpha value is -2.40. The number of para-hydroxylation sites is 1. The van der Waals surface area contributed by atoms with Crippen molar-refractivity contribution in [2.75, 3.05) is 0 Å². The predicted octanol–water partition coefficient (Wildman–Crippen LogP) is 6.06. The van der Waals surface area contributed by atoms with Crippen molar-refractivity contribution in [1.29, 1.82) is 0 Å². The minimum atomic E-state index is -3.89. The summed E-state index contributed by atoms with van der Waals surface area (Å²) in [6.45, 7) is 12.3. The smallest absolute Gasteiger partial charge is 0.268 e. The fourth-order valence-corrected chi connectivity index (χ4v) is 5.81. The number of aldehydes is 1. The molecule has 0 saturated carbocycles. The average molecular weight is 412 g/mol. The maximum Gasteiger partial charge on any atom is 0.268 e. The predicted molar refractivity (Wildman–Crippen MR) is 119 cm³/mol. The highest BCUT2D eigenvalue weighted by Gasteiger charge is 2.29. The molecule has 4 nitrogen and oxygen atoms in total. The zero-order valence-corrected chi connectivity index (χ0v) is 18.7. The first-order valence-electron chi connectivity index (χ1n) is 10.1. The van der Waals surface area contributed by atoms with Crippen LogP contribution in [0, 0.1) is 0 Å². The average Bonchev–Trinajstić information content (AvgIpc) is 3.06. The fourth-order valence-electron chi connectivity index (χ4n) is 3.75. The van der Waals surface area contributed by atoms with E-state index in [4.69, 9.17) is 0 Å². The van der Waals surface area contributed by atoms with Gasteiger partial charge in [-0.1, -0.05) is 71.9 Å². The van der Waals surface area contributed by atoms with Crippen LogP contribution >= 0.6 is 0 Å². The van der Waals surface area contributed by atoms with E-state index in [2.05, 4.69) is 13.8 Å². The summed E-state index contributed by atoms with van der Waals surface area (Å²) in [6, 6.07) is 11.2. The summed E-state index contributed by atoms with van der Waals surface area (Å²) in [5.41, 5.74) is 3.69. The minimum absolute atomic E-state index is 0.0448. The summed E-state index contributed by atoms with van der Waals surface area (Å²) < 4.78 is 29.2. The third-order valence-electron chi connectivity index (χ3n) is 5.43. The lowest BCUT2D eigenvalue weighted by Crippen LogP contribution is -2.18. The molecule has 0 spiro atoms. The van der Waals surface area contributed by atoms with E-state index < -0.39 is 10.0 Å². The summed E-state index contributed by atoms with van der Waals surface area (Å²) in [4.78, 5) is 11.9. The van der Waals surface area contributed by atoms with Crippen LogP contribution in [0.3, 0.4) is 0 Å². The van der Waals surface area contributed by atoms with Gasteiger partial charge >= 0.3 is 0 Å². The maximum absolute atomic E-state index is 14.0. The van der Waals surface area contributed by atoms with Crippen LogP contribution < -0.4 is 0 Å². The molecule has 154 valence electrons.